The number of benzene rings is 1. The first-order chi connectivity index (χ1) is 8.54. The summed E-state index contributed by atoms with van der Waals surface area (Å²) in [5.74, 6) is -0.0364. The van der Waals surface area contributed by atoms with Gasteiger partial charge in [-0.2, -0.15) is 0 Å². The first kappa shape index (κ1) is 12.6. The number of nitrogens with zero attached hydrogens (tertiary/aromatic N) is 2. The second kappa shape index (κ2) is 4.80. The topological polar surface area (TPSA) is 41.9 Å². The Bertz CT molecular complexity index is 466. The van der Waals surface area contributed by atoms with Crippen molar-refractivity contribution in [1.82, 2.24) is 4.90 Å². The Balaban J connectivity index is 2.22. The van der Waals surface area contributed by atoms with Crippen LogP contribution in [0.4, 0.5) is 0 Å². The molecule has 0 unspecified atom stereocenters. The molecule has 0 saturated carbocycles. The highest BCUT2D eigenvalue weighted by atomic mass is 16.6. The molecule has 96 valence electrons. The second-order valence-electron chi connectivity index (χ2n) is 5.09. The van der Waals surface area contributed by atoms with E-state index in [4.69, 9.17) is 4.84 Å². The Morgan fingerprint density at radius 2 is 2.00 bits per heavy atom. The average Bonchev–Trinajstić information content (AvgIpc) is 2.55. The largest absolute Gasteiger partial charge is 0.399 e. The van der Waals surface area contributed by atoms with E-state index in [1.54, 1.807) is 0 Å². The quantitative estimate of drug-likeness (QED) is 0.767. The predicted octanol–water partition coefficient (Wildman–Crippen LogP) is 2.20. The Labute approximate surface area is 107 Å². The monoisotopic (exact) mass is 246 g/mol. The van der Waals surface area contributed by atoms with Crippen LogP contribution in [0.2, 0.25) is 0 Å². The molecule has 1 amide bonds. The smallest absolute Gasteiger partial charge is 0.272 e. The molecule has 2 rings (SSSR count). The fourth-order valence-corrected chi connectivity index (χ4v) is 2.24. The van der Waals surface area contributed by atoms with Crippen molar-refractivity contribution >= 4 is 11.6 Å². The van der Waals surface area contributed by atoms with Gasteiger partial charge in [0, 0.05) is 18.5 Å². The Morgan fingerprint density at radius 1 is 1.33 bits per heavy atom. The van der Waals surface area contributed by atoms with Crippen molar-refractivity contribution in [2.45, 2.75) is 32.4 Å². The van der Waals surface area contributed by atoms with Crippen LogP contribution in [0.5, 0.6) is 0 Å². The van der Waals surface area contributed by atoms with Crippen molar-refractivity contribution in [3.8, 4) is 0 Å². The van der Waals surface area contributed by atoms with Crippen LogP contribution in [0.15, 0.2) is 35.5 Å². The minimum atomic E-state index is -0.218. The molecule has 1 aliphatic rings. The van der Waals surface area contributed by atoms with E-state index in [2.05, 4.69) is 5.16 Å². The van der Waals surface area contributed by atoms with Gasteiger partial charge in [0.05, 0.1) is 0 Å². The Hall–Kier alpha value is -1.84. The van der Waals surface area contributed by atoms with Gasteiger partial charge in [0.1, 0.15) is 12.8 Å². The van der Waals surface area contributed by atoms with Crippen molar-refractivity contribution in [3.63, 3.8) is 0 Å². The second-order valence-corrected chi connectivity index (χ2v) is 5.09. The number of oxime groups is 1. The number of likely N-dealkylation sites (tertiary alicyclic amines) is 1. The third-order valence-electron chi connectivity index (χ3n) is 3.21. The summed E-state index contributed by atoms with van der Waals surface area (Å²) in [4.78, 5) is 18.8. The maximum atomic E-state index is 12.2. The Morgan fingerprint density at radius 3 is 2.61 bits per heavy atom. The van der Waals surface area contributed by atoms with E-state index in [0.29, 0.717) is 18.7 Å². The molecule has 0 atom stereocenters. The molecule has 1 heterocycles. The Kier molecular flexibility index (Phi) is 3.36. The molecule has 1 aromatic carbocycles. The SMILES string of the molecule is CON=C1CC(C)(C)N(Cc2ccccc2)C1=O. The van der Waals surface area contributed by atoms with E-state index in [0.717, 1.165) is 5.56 Å². The fraction of sp³-hybridized carbons (Fsp3) is 0.429. The average molecular weight is 246 g/mol. The van der Waals surface area contributed by atoms with E-state index in [9.17, 15) is 4.79 Å². The number of hydrogen-bond donors (Lipinski definition) is 0. The molecule has 1 saturated heterocycles. The van der Waals surface area contributed by atoms with Gasteiger partial charge in [-0.25, -0.2) is 0 Å². The lowest BCUT2D eigenvalue weighted by Gasteiger charge is -2.30. The fourth-order valence-electron chi connectivity index (χ4n) is 2.24. The van der Waals surface area contributed by atoms with E-state index in [1.807, 2.05) is 49.1 Å². The molecule has 0 aromatic heterocycles. The summed E-state index contributed by atoms with van der Waals surface area (Å²) in [5.41, 5.74) is 1.40. The van der Waals surface area contributed by atoms with Crippen molar-refractivity contribution < 1.29 is 9.63 Å². The zero-order valence-electron chi connectivity index (χ0n) is 11.0. The number of carbonyl (C=O) groups excluding carboxylic acids is 1. The lowest BCUT2D eigenvalue weighted by molar-refractivity contribution is -0.126. The van der Waals surface area contributed by atoms with Crippen molar-refractivity contribution in [2.24, 2.45) is 5.16 Å². The van der Waals surface area contributed by atoms with Gasteiger partial charge in [0.15, 0.2) is 0 Å². The highest BCUT2D eigenvalue weighted by Gasteiger charge is 2.42. The molecule has 18 heavy (non-hydrogen) atoms. The highest BCUT2D eigenvalue weighted by Crippen LogP contribution is 2.29. The molecular weight excluding hydrogens is 228 g/mol. The van der Waals surface area contributed by atoms with E-state index < -0.39 is 0 Å². The standard InChI is InChI=1S/C14H18N2O2/c1-14(2)9-12(15-18-3)13(17)16(14)10-11-7-5-4-6-8-11/h4-8H,9-10H2,1-3H3. The molecule has 4 nitrogen and oxygen atoms in total. The lowest BCUT2D eigenvalue weighted by Crippen LogP contribution is -2.40. The van der Waals surface area contributed by atoms with Crippen LogP contribution < -0.4 is 0 Å². The lowest BCUT2D eigenvalue weighted by atomic mass is 10.0. The molecule has 0 N–H and O–H groups in total. The summed E-state index contributed by atoms with van der Waals surface area (Å²) >= 11 is 0. The molecule has 0 radical (unpaired) electrons. The van der Waals surface area contributed by atoms with E-state index in [1.165, 1.54) is 7.11 Å². The normalized spacial score (nSPS) is 20.5. The summed E-state index contributed by atoms with van der Waals surface area (Å²) in [7, 11) is 1.47. The summed E-state index contributed by atoms with van der Waals surface area (Å²) in [6.07, 6.45) is 0.618. The molecule has 4 heteroatoms. The number of carbonyl (C=O) groups is 1. The molecule has 1 aromatic rings. The van der Waals surface area contributed by atoms with Gasteiger partial charge in [-0.3, -0.25) is 4.79 Å². The molecule has 0 bridgehead atoms. The summed E-state index contributed by atoms with van der Waals surface area (Å²) in [6, 6.07) is 9.97. The van der Waals surface area contributed by atoms with Gasteiger partial charge < -0.3 is 9.74 Å². The van der Waals surface area contributed by atoms with Gasteiger partial charge >= 0.3 is 0 Å². The van der Waals surface area contributed by atoms with E-state index >= 15 is 0 Å². The van der Waals surface area contributed by atoms with Crippen LogP contribution in [0.25, 0.3) is 0 Å². The van der Waals surface area contributed by atoms with Crippen molar-refractivity contribution in [2.75, 3.05) is 7.11 Å². The minimum absolute atomic E-state index is 0.0364. The van der Waals surface area contributed by atoms with Crippen molar-refractivity contribution in [3.05, 3.63) is 35.9 Å². The summed E-state index contributed by atoms with van der Waals surface area (Å²) in [5, 5.41) is 3.82. The molecule has 1 fully saturated rings. The third kappa shape index (κ3) is 2.37. The van der Waals surface area contributed by atoms with Crippen LogP contribution in [0.3, 0.4) is 0 Å². The van der Waals surface area contributed by atoms with Gasteiger partial charge in [-0.1, -0.05) is 35.5 Å². The van der Waals surface area contributed by atoms with Gasteiger partial charge in [-0.15, -0.1) is 0 Å². The summed E-state index contributed by atoms with van der Waals surface area (Å²) in [6.45, 7) is 4.70. The maximum absolute atomic E-state index is 12.2. The van der Waals surface area contributed by atoms with E-state index in [-0.39, 0.29) is 11.4 Å². The first-order valence-electron chi connectivity index (χ1n) is 6.00. The number of amides is 1. The van der Waals surface area contributed by atoms with Gasteiger partial charge in [-0.05, 0) is 19.4 Å². The van der Waals surface area contributed by atoms with Crippen molar-refractivity contribution in [1.29, 1.82) is 0 Å². The van der Waals surface area contributed by atoms with Gasteiger partial charge in [0.2, 0.25) is 0 Å². The number of rotatable bonds is 3. The van der Waals surface area contributed by atoms with Gasteiger partial charge in [0.25, 0.3) is 5.91 Å². The van der Waals surface area contributed by atoms with Crippen LogP contribution in [-0.4, -0.2) is 29.2 Å². The van der Waals surface area contributed by atoms with Crippen LogP contribution in [-0.2, 0) is 16.2 Å². The first-order valence-corrected chi connectivity index (χ1v) is 6.00. The van der Waals surface area contributed by atoms with Crippen LogP contribution in [0.1, 0.15) is 25.8 Å². The minimum Gasteiger partial charge on any atom is -0.399 e. The molecule has 0 aliphatic carbocycles. The summed E-state index contributed by atoms with van der Waals surface area (Å²) < 4.78 is 0. The molecular formula is C14H18N2O2. The highest BCUT2D eigenvalue weighted by molar-refractivity contribution is 6.41. The zero-order chi connectivity index (χ0) is 13.2. The molecule has 1 aliphatic heterocycles. The molecule has 0 spiro atoms. The van der Waals surface area contributed by atoms with Crippen LogP contribution >= 0.6 is 0 Å². The predicted molar refractivity (Wildman–Crippen MR) is 70.1 cm³/mol. The number of hydrogen-bond acceptors (Lipinski definition) is 3. The third-order valence-corrected chi connectivity index (χ3v) is 3.21. The zero-order valence-corrected chi connectivity index (χ0v) is 11.0. The maximum Gasteiger partial charge on any atom is 0.272 e. The van der Waals surface area contributed by atoms with Crippen LogP contribution in [0, 0.1) is 0 Å².